The molecule has 0 saturated carbocycles. The molecule has 1 unspecified atom stereocenters. The van der Waals surface area contributed by atoms with Crippen LogP contribution in [0, 0.1) is 0 Å². The first-order chi connectivity index (χ1) is 31.5. The van der Waals surface area contributed by atoms with Crippen LogP contribution in [0.5, 0.6) is 0 Å². The molecule has 0 heterocycles. The average molecular weight is 833 g/mol. The monoisotopic (exact) mass is 832 g/mol. The van der Waals surface area contributed by atoms with Crippen LogP contribution in [0.15, 0.2) is 224 Å². The predicted molar refractivity (Wildman–Crippen MR) is 272 cm³/mol. The smallest absolute Gasteiger partial charge is 0.161 e. The number of hydrogen-bond donors (Lipinski definition) is 0. The fourth-order valence-electron chi connectivity index (χ4n) is 8.47. The third-order valence-electron chi connectivity index (χ3n) is 11.9. The first-order valence-electron chi connectivity index (χ1n) is 22.0. The van der Waals surface area contributed by atoms with E-state index in [9.17, 15) is 0 Å². The molecule has 0 radical (unpaired) electrons. The van der Waals surface area contributed by atoms with E-state index >= 15 is 0 Å². The summed E-state index contributed by atoms with van der Waals surface area (Å²) in [6.07, 6.45) is 2.97. The van der Waals surface area contributed by atoms with E-state index in [2.05, 4.69) is 153 Å². The van der Waals surface area contributed by atoms with Crippen LogP contribution in [0.4, 0.5) is 0 Å². The molecular weight excluding hydrogens is 781 g/mol. The zero-order valence-corrected chi connectivity index (χ0v) is 36.6. The molecule has 0 aliphatic carbocycles. The molecule has 314 valence electrons. The summed E-state index contributed by atoms with van der Waals surface area (Å²) in [5, 5.41) is 4.68. The van der Waals surface area contributed by atoms with Crippen LogP contribution in [-0.4, -0.2) is 36.8 Å². The van der Waals surface area contributed by atoms with Crippen LogP contribution in [-0.2, 0) is 18.5 Å². The minimum absolute atomic E-state index is 0.192. The third kappa shape index (κ3) is 9.83. The van der Waals surface area contributed by atoms with Crippen LogP contribution in [0.3, 0.4) is 0 Å². The Kier molecular flexibility index (Phi) is 13.7. The molecule has 0 N–H and O–H groups in total. The Bertz CT molecular complexity index is 3000. The number of amidine groups is 4. The lowest BCUT2D eigenvalue weighted by Crippen LogP contribution is -2.27. The van der Waals surface area contributed by atoms with Crippen molar-refractivity contribution >= 4 is 58.3 Å². The van der Waals surface area contributed by atoms with Gasteiger partial charge in [-0.05, 0) is 82.2 Å². The van der Waals surface area contributed by atoms with E-state index in [0.29, 0.717) is 36.4 Å². The lowest BCUT2D eigenvalue weighted by molar-refractivity contribution is 0.450. The maximum absolute atomic E-state index is 5.11. The summed E-state index contributed by atoms with van der Waals surface area (Å²) in [4.78, 5) is 28.9. The van der Waals surface area contributed by atoms with E-state index in [1.54, 1.807) is 0 Å². The van der Waals surface area contributed by atoms with Gasteiger partial charge in [0.1, 0.15) is 0 Å². The van der Waals surface area contributed by atoms with Crippen LogP contribution in [0.1, 0.15) is 77.6 Å². The van der Waals surface area contributed by atoms with Gasteiger partial charge in [0.05, 0.1) is 13.1 Å². The first kappa shape index (κ1) is 43.0. The highest BCUT2D eigenvalue weighted by atomic mass is 15.0. The second kappa shape index (κ2) is 20.4. The highest BCUT2D eigenvalue weighted by Gasteiger charge is 2.31. The van der Waals surface area contributed by atoms with Crippen molar-refractivity contribution in [2.45, 2.75) is 51.6 Å². The fraction of sp³-hybridized carbons (Fsp3) is 0.138. The summed E-state index contributed by atoms with van der Waals surface area (Å²) in [7, 11) is 0. The Balaban J connectivity index is 1.09. The van der Waals surface area contributed by atoms with Gasteiger partial charge in [-0.3, -0.25) is 9.98 Å². The van der Waals surface area contributed by atoms with Gasteiger partial charge in [-0.25, -0.2) is 20.0 Å². The number of hydrogen-bond acceptors (Lipinski definition) is 2. The van der Waals surface area contributed by atoms with Crippen molar-refractivity contribution < 1.29 is 0 Å². The summed E-state index contributed by atoms with van der Waals surface area (Å²) < 4.78 is 0. The quantitative estimate of drug-likeness (QED) is 0.0820. The lowest BCUT2D eigenvalue weighted by atomic mass is 9.69. The largest absolute Gasteiger partial charge is 0.261 e. The number of nitrogens with zero attached hydrogens (tertiary/aromatic N) is 6. The van der Waals surface area contributed by atoms with E-state index in [0.717, 1.165) is 63.4 Å². The molecule has 0 amide bonds. The van der Waals surface area contributed by atoms with Crippen molar-refractivity contribution in [1.29, 1.82) is 0 Å². The molecule has 8 rings (SSSR count). The molecular formula is C58H52N6. The average Bonchev–Trinajstić information content (AvgIpc) is 3.36. The maximum Gasteiger partial charge on any atom is 0.161 e. The zero-order chi connectivity index (χ0) is 44.1. The minimum atomic E-state index is -0.192. The highest BCUT2D eigenvalue weighted by molar-refractivity contribution is 6.14. The Labute approximate surface area is 377 Å². The SMILES string of the molecule is C=NC(=NC(=NCc1ccc2ccccc2c1)c1ccc(C(CC)(CCC)c2ccc(CN=C(N=C(N=C)c3ccc4ccccc4c3)c3ccccc3)cc2)cc1)c1ccccc1. The van der Waals surface area contributed by atoms with Gasteiger partial charge in [0.15, 0.2) is 23.3 Å². The minimum Gasteiger partial charge on any atom is -0.261 e. The molecule has 6 heteroatoms. The van der Waals surface area contributed by atoms with E-state index in [4.69, 9.17) is 20.0 Å². The molecule has 0 aromatic heterocycles. The lowest BCUT2D eigenvalue weighted by Gasteiger charge is -2.34. The highest BCUT2D eigenvalue weighted by Crippen LogP contribution is 2.40. The number of fused-ring (bicyclic) bond motifs is 2. The Morgan fingerprint density at radius 2 is 0.828 bits per heavy atom. The number of rotatable bonds is 13. The second-order valence-corrected chi connectivity index (χ2v) is 15.9. The Morgan fingerprint density at radius 3 is 1.38 bits per heavy atom. The van der Waals surface area contributed by atoms with Gasteiger partial charge in [0, 0.05) is 27.7 Å². The molecule has 1 atom stereocenters. The molecule has 6 nitrogen and oxygen atoms in total. The third-order valence-corrected chi connectivity index (χ3v) is 11.9. The van der Waals surface area contributed by atoms with E-state index in [1.165, 1.54) is 21.9 Å². The van der Waals surface area contributed by atoms with Crippen molar-refractivity contribution in [1.82, 2.24) is 0 Å². The first-order valence-corrected chi connectivity index (χ1v) is 22.0. The van der Waals surface area contributed by atoms with Crippen molar-refractivity contribution in [3.63, 3.8) is 0 Å². The molecule has 8 aromatic rings. The number of aliphatic imine (C=N–C) groups is 6. The van der Waals surface area contributed by atoms with Crippen LogP contribution in [0.2, 0.25) is 0 Å². The van der Waals surface area contributed by atoms with Crippen molar-refractivity contribution in [2.75, 3.05) is 0 Å². The molecule has 0 bridgehead atoms. The van der Waals surface area contributed by atoms with E-state index in [-0.39, 0.29) is 5.41 Å². The topological polar surface area (TPSA) is 74.2 Å². The van der Waals surface area contributed by atoms with Gasteiger partial charge < -0.3 is 0 Å². The standard InChI is InChI=1S/C58H52N6/c1-5-37-58(6-2,52-33-26-42(27-34-52)40-61-56(47-21-11-8-12-22-47)64-55(60-4)51-30-29-45-18-14-16-24-50(45)39-51)53-35-31-48(32-36-53)57(63-54(59-3)46-19-9-7-10-20-46)62-41-43-25-28-44-17-13-15-23-49(44)38-43/h7-36,38-39H,3-6,37,40-41H2,1-2H3. The van der Waals surface area contributed by atoms with Gasteiger partial charge in [-0.1, -0.05) is 202 Å². The number of benzene rings is 8. The maximum atomic E-state index is 5.11. The molecule has 0 fully saturated rings. The van der Waals surface area contributed by atoms with Crippen LogP contribution < -0.4 is 0 Å². The summed E-state index contributed by atoms with van der Waals surface area (Å²) >= 11 is 0. The molecule has 0 saturated heterocycles. The van der Waals surface area contributed by atoms with E-state index < -0.39 is 0 Å². The van der Waals surface area contributed by atoms with Gasteiger partial charge in [0.25, 0.3) is 0 Å². The van der Waals surface area contributed by atoms with Gasteiger partial charge >= 0.3 is 0 Å². The fourth-order valence-corrected chi connectivity index (χ4v) is 8.47. The summed E-state index contributed by atoms with van der Waals surface area (Å²) in [6, 6.07) is 67.2. The second-order valence-electron chi connectivity index (χ2n) is 15.9. The summed E-state index contributed by atoms with van der Waals surface area (Å²) in [5.41, 5.74) is 8.17. The summed E-state index contributed by atoms with van der Waals surface area (Å²) in [5.74, 6) is 2.29. The van der Waals surface area contributed by atoms with Gasteiger partial charge in [0.2, 0.25) is 0 Å². The van der Waals surface area contributed by atoms with Crippen molar-refractivity contribution in [3.05, 3.63) is 239 Å². The van der Waals surface area contributed by atoms with Crippen LogP contribution >= 0.6 is 0 Å². The van der Waals surface area contributed by atoms with Crippen molar-refractivity contribution in [2.24, 2.45) is 30.0 Å². The molecule has 64 heavy (non-hydrogen) atoms. The molecule has 0 aliphatic rings. The Morgan fingerprint density at radius 1 is 0.406 bits per heavy atom. The van der Waals surface area contributed by atoms with Gasteiger partial charge in [-0.2, -0.15) is 0 Å². The molecule has 8 aromatic carbocycles. The van der Waals surface area contributed by atoms with Gasteiger partial charge in [-0.15, -0.1) is 0 Å². The normalized spacial score (nSPS) is 13.5. The predicted octanol–water partition coefficient (Wildman–Crippen LogP) is 13.7. The Hall–Kier alpha value is -7.70. The van der Waals surface area contributed by atoms with Crippen molar-refractivity contribution in [3.8, 4) is 0 Å². The summed E-state index contributed by atoms with van der Waals surface area (Å²) in [6.45, 7) is 13.2. The molecule has 0 aliphatic heterocycles. The molecule has 0 spiro atoms. The zero-order valence-electron chi connectivity index (χ0n) is 36.6. The van der Waals surface area contributed by atoms with Crippen LogP contribution in [0.25, 0.3) is 21.5 Å². The van der Waals surface area contributed by atoms with E-state index in [1.807, 2.05) is 78.9 Å².